The fourth-order valence-electron chi connectivity index (χ4n) is 6.83. The van der Waals surface area contributed by atoms with Crippen LogP contribution in [0, 0.1) is 28.1 Å². The van der Waals surface area contributed by atoms with Gasteiger partial charge in [0.2, 0.25) is 29.4 Å². The zero-order valence-electron chi connectivity index (χ0n) is 32.2. The van der Waals surface area contributed by atoms with Crippen molar-refractivity contribution in [1.29, 1.82) is 0 Å². The van der Waals surface area contributed by atoms with Crippen molar-refractivity contribution in [2.75, 3.05) is 13.1 Å². The van der Waals surface area contributed by atoms with Gasteiger partial charge in [-0.05, 0) is 53.8 Å². The molecule has 4 N–H and O–H groups in total. The summed E-state index contributed by atoms with van der Waals surface area (Å²) < 4.78 is 0. The minimum Gasteiger partial charge on any atom is -0.347 e. The van der Waals surface area contributed by atoms with Crippen molar-refractivity contribution in [3.05, 3.63) is 0 Å². The molecule has 13 nitrogen and oxygen atoms in total. The van der Waals surface area contributed by atoms with E-state index in [1.807, 2.05) is 76.2 Å². The predicted molar refractivity (Wildman–Crippen MR) is 189 cm³/mol. The Kier molecular flexibility index (Phi) is 12.9. The number of carbonyl (C=O) groups excluding carboxylic acids is 7. The Balaban J connectivity index is 1.81. The minimum absolute atomic E-state index is 0.000434. The molecule has 5 atom stereocenters. The van der Waals surface area contributed by atoms with Gasteiger partial charge >= 0.3 is 6.03 Å². The molecule has 0 radical (unpaired) electrons. The van der Waals surface area contributed by atoms with Crippen molar-refractivity contribution in [2.24, 2.45) is 28.1 Å². The normalized spacial score (nSPS) is 22.9. The van der Waals surface area contributed by atoms with Crippen molar-refractivity contribution in [2.45, 2.75) is 151 Å². The molecule has 3 fully saturated rings. The van der Waals surface area contributed by atoms with Crippen LogP contribution in [-0.2, 0) is 28.8 Å². The van der Waals surface area contributed by atoms with Crippen LogP contribution in [-0.4, -0.2) is 94.4 Å². The maximum Gasteiger partial charge on any atom is 0.315 e. The minimum atomic E-state index is -1.04. The van der Waals surface area contributed by atoms with Crippen LogP contribution < -0.4 is 21.3 Å². The highest BCUT2D eigenvalue weighted by Crippen LogP contribution is 2.35. The Labute approximate surface area is 298 Å². The van der Waals surface area contributed by atoms with Gasteiger partial charge in [-0.1, -0.05) is 82.6 Å². The zero-order valence-corrected chi connectivity index (χ0v) is 32.2. The second-order valence-electron chi connectivity index (χ2n) is 17.9. The summed E-state index contributed by atoms with van der Waals surface area (Å²) in [6, 6.07) is -4.21. The highest BCUT2D eigenvalue weighted by atomic mass is 16.2. The van der Waals surface area contributed by atoms with Crippen molar-refractivity contribution in [3.8, 4) is 0 Å². The number of Topliss-reactive ketones (excluding diaryl/α,β-unsaturated/α-hetero) is 1. The van der Waals surface area contributed by atoms with Crippen LogP contribution in [0.2, 0.25) is 0 Å². The van der Waals surface area contributed by atoms with Gasteiger partial charge < -0.3 is 26.2 Å². The summed E-state index contributed by atoms with van der Waals surface area (Å²) in [6.45, 7) is 21.0. The van der Waals surface area contributed by atoms with Crippen LogP contribution in [0.25, 0.3) is 0 Å². The van der Waals surface area contributed by atoms with E-state index in [9.17, 15) is 33.6 Å². The molecule has 2 heterocycles. The highest BCUT2D eigenvalue weighted by Gasteiger charge is 2.48. The smallest absolute Gasteiger partial charge is 0.315 e. The summed E-state index contributed by atoms with van der Waals surface area (Å²) in [5.74, 6) is -3.07. The molecule has 282 valence electrons. The van der Waals surface area contributed by atoms with Gasteiger partial charge in [0.15, 0.2) is 0 Å². The van der Waals surface area contributed by atoms with Gasteiger partial charge in [-0.3, -0.25) is 33.7 Å². The highest BCUT2D eigenvalue weighted by molar-refractivity contribution is 6.38. The number of carbonyl (C=O) groups is 7. The average Bonchev–Trinajstić information content (AvgIpc) is 3.66. The summed E-state index contributed by atoms with van der Waals surface area (Å²) in [6.07, 6.45) is 3.51. The first-order valence-electron chi connectivity index (χ1n) is 18.3. The molecule has 1 aliphatic carbocycles. The third-order valence-electron chi connectivity index (χ3n) is 10.2. The van der Waals surface area contributed by atoms with Gasteiger partial charge in [0, 0.05) is 32.0 Å². The zero-order chi connectivity index (χ0) is 37.9. The molecule has 0 aromatic rings. The molecule has 0 aromatic carbocycles. The standard InChI is InChI=1S/C37H62N6O7/c1-12-13-24(29(46)32(48)38-22-14-15-22)39-31(47)28-23(21(2)3)16-17-42(28)33(49)30(36(7,8)9)41-34(50)40-25(35(4,5)6)20-43-26(44)18-37(10,11)19-27(43)45/h21-25,28,30H,12-20H2,1-11H3,(H,38,48)(H,39,47)(H2,40,41,50)/t23-,24+,25-,28+,30-/m1/s1. The topological polar surface area (TPSA) is 174 Å². The van der Waals surface area contributed by atoms with Crippen LogP contribution in [0.4, 0.5) is 4.79 Å². The lowest BCUT2D eigenvalue weighted by Crippen LogP contribution is -2.63. The predicted octanol–water partition coefficient (Wildman–Crippen LogP) is 3.30. The van der Waals surface area contributed by atoms with E-state index in [1.54, 1.807) is 0 Å². The molecular weight excluding hydrogens is 640 g/mol. The van der Waals surface area contributed by atoms with E-state index in [4.69, 9.17) is 0 Å². The molecule has 7 amide bonds. The maximum absolute atomic E-state index is 14.4. The SMILES string of the molecule is CCC[C@H](NC(=O)[C@@H]1[C@@H](C(C)C)CCN1C(=O)[C@@H](NC(=O)N[C@H](CN1C(=O)CC(C)(C)CC1=O)C(C)(C)C)C(C)(C)C)C(=O)C(=O)NC1CC1. The Morgan fingerprint density at radius 2 is 1.44 bits per heavy atom. The van der Waals surface area contributed by atoms with E-state index < -0.39 is 69.9 Å². The Morgan fingerprint density at radius 3 is 1.92 bits per heavy atom. The largest absolute Gasteiger partial charge is 0.347 e. The second kappa shape index (κ2) is 15.8. The van der Waals surface area contributed by atoms with E-state index in [2.05, 4.69) is 21.3 Å². The lowest BCUT2D eigenvalue weighted by atomic mass is 9.80. The van der Waals surface area contributed by atoms with E-state index in [0.29, 0.717) is 12.8 Å². The van der Waals surface area contributed by atoms with Gasteiger partial charge in [0.05, 0.1) is 12.1 Å². The van der Waals surface area contributed by atoms with Gasteiger partial charge in [-0.25, -0.2) is 4.79 Å². The number of nitrogens with one attached hydrogen (secondary N) is 4. The fourth-order valence-corrected chi connectivity index (χ4v) is 6.83. The summed E-state index contributed by atoms with van der Waals surface area (Å²) in [7, 11) is 0. The number of hydrogen-bond donors (Lipinski definition) is 4. The van der Waals surface area contributed by atoms with Crippen LogP contribution in [0.3, 0.4) is 0 Å². The van der Waals surface area contributed by atoms with Crippen LogP contribution >= 0.6 is 0 Å². The maximum atomic E-state index is 14.4. The summed E-state index contributed by atoms with van der Waals surface area (Å²) in [4.78, 5) is 96.4. The number of urea groups is 1. The van der Waals surface area contributed by atoms with Crippen LogP contribution in [0.15, 0.2) is 0 Å². The molecule has 3 rings (SSSR count). The Bertz CT molecular complexity index is 1310. The van der Waals surface area contributed by atoms with E-state index in [0.717, 1.165) is 12.8 Å². The van der Waals surface area contributed by atoms with E-state index in [1.165, 1.54) is 9.80 Å². The Hall–Kier alpha value is -3.51. The number of imide groups is 1. The number of nitrogens with zero attached hydrogens (tertiary/aromatic N) is 2. The van der Waals surface area contributed by atoms with Crippen LogP contribution in [0.5, 0.6) is 0 Å². The second-order valence-corrected chi connectivity index (χ2v) is 17.9. The number of hydrogen-bond acceptors (Lipinski definition) is 7. The van der Waals surface area contributed by atoms with Crippen LogP contribution in [0.1, 0.15) is 121 Å². The molecule has 0 bridgehead atoms. The first-order chi connectivity index (χ1) is 23.0. The summed E-state index contributed by atoms with van der Waals surface area (Å²) >= 11 is 0. The van der Waals surface area contributed by atoms with E-state index >= 15 is 0 Å². The average molecular weight is 703 g/mol. The van der Waals surface area contributed by atoms with E-state index in [-0.39, 0.29) is 62.0 Å². The molecule has 50 heavy (non-hydrogen) atoms. The van der Waals surface area contributed by atoms with Gasteiger partial charge in [0.25, 0.3) is 5.91 Å². The molecule has 0 aromatic heterocycles. The molecule has 2 saturated heterocycles. The third kappa shape index (κ3) is 10.5. The van der Waals surface area contributed by atoms with Gasteiger partial charge in [-0.15, -0.1) is 0 Å². The molecular formula is C37H62N6O7. The molecule has 3 aliphatic rings. The number of likely N-dealkylation sites (tertiary alicyclic amines) is 2. The molecule has 13 heteroatoms. The van der Waals surface area contributed by atoms with Crippen molar-refractivity contribution < 1.29 is 33.6 Å². The lowest BCUT2D eigenvalue weighted by Gasteiger charge is -2.40. The first kappa shape index (κ1) is 40.9. The number of ketones is 1. The molecule has 0 unspecified atom stereocenters. The molecule has 1 saturated carbocycles. The van der Waals surface area contributed by atoms with Crippen molar-refractivity contribution in [1.82, 2.24) is 31.1 Å². The lowest BCUT2D eigenvalue weighted by molar-refractivity contribution is -0.153. The molecule has 2 aliphatic heterocycles. The van der Waals surface area contributed by atoms with Crippen molar-refractivity contribution in [3.63, 3.8) is 0 Å². The Morgan fingerprint density at radius 1 is 0.860 bits per heavy atom. The first-order valence-corrected chi connectivity index (χ1v) is 18.3. The van der Waals surface area contributed by atoms with Gasteiger partial charge in [0.1, 0.15) is 12.1 Å². The van der Waals surface area contributed by atoms with Crippen molar-refractivity contribution >= 4 is 41.4 Å². The van der Waals surface area contributed by atoms with Gasteiger partial charge in [-0.2, -0.15) is 0 Å². The number of piperidine rings is 1. The number of rotatable bonds is 13. The monoisotopic (exact) mass is 702 g/mol. The fraction of sp³-hybridized carbons (Fsp3) is 0.811. The quantitative estimate of drug-likeness (QED) is 0.168. The number of amides is 7. The molecule has 0 spiro atoms. The summed E-state index contributed by atoms with van der Waals surface area (Å²) in [5, 5.41) is 11.3. The third-order valence-corrected chi connectivity index (χ3v) is 10.2. The summed E-state index contributed by atoms with van der Waals surface area (Å²) in [5.41, 5.74) is -1.74.